The number of amides is 1. The Morgan fingerprint density at radius 2 is 0.831 bits per heavy atom. The summed E-state index contributed by atoms with van der Waals surface area (Å²) >= 11 is 0. The topological polar surface area (TPSA) is 228 Å². The molecule has 0 bridgehead atoms. The quantitative estimate of drug-likeness (QED) is 0.0204. The lowest BCUT2D eigenvalue weighted by molar-refractivity contribution is -0.359. The SMILES string of the molecule is CC/C=C\C/C=C\C/C=C\C/C=C\C/C=C\CCCCCCCCCCCCCCCCCCCCCC(=O)NC(COC1OC(CO)C(OC2OC(CO)C(O)C(O)C2O)C(O)C1O)C(O)/C=C/CCCCCCCCCCCCCC. The van der Waals surface area contributed by atoms with Crippen LogP contribution in [-0.2, 0) is 23.7 Å². The molecule has 2 aliphatic heterocycles. The summed E-state index contributed by atoms with van der Waals surface area (Å²) in [4.78, 5) is 13.3. The van der Waals surface area contributed by atoms with E-state index in [1.54, 1.807) is 6.08 Å². The van der Waals surface area contributed by atoms with Crippen LogP contribution < -0.4 is 5.32 Å². The van der Waals surface area contributed by atoms with Crippen molar-refractivity contribution < 1.29 is 64.6 Å². The number of ether oxygens (including phenoxy) is 4. The van der Waals surface area contributed by atoms with Gasteiger partial charge in [0, 0.05) is 6.42 Å². The first-order valence-electron chi connectivity index (χ1n) is 33.7. The molecule has 2 rings (SSSR count). The van der Waals surface area contributed by atoms with Gasteiger partial charge < -0.3 is 65.1 Å². The second-order valence-corrected chi connectivity index (χ2v) is 23.6. The summed E-state index contributed by atoms with van der Waals surface area (Å²) in [5, 5.41) is 87.2. The molecule has 12 unspecified atom stereocenters. The number of nitrogens with one attached hydrogen (secondary N) is 1. The summed E-state index contributed by atoms with van der Waals surface area (Å²) in [7, 11) is 0. The zero-order valence-corrected chi connectivity index (χ0v) is 52.2. The van der Waals surface area contributed by atoms with Crippen molar-refractivity contribution in [3.63, 3.8) is 0 Å². The van der Waals surface area contributed by atoms with E-state index in [1.165, 1.54) is 167 Å². The van der Waals surface area contributed by atoms with Crippen LogP contribution in [0.2, 0.25) is 0 Å². The number of rotatable bonds is 54. The Morgan fingerprint density at radius 1 is 0.446 bits per heavy atom. The van der Waals surface area contributed by atoms with Crippen molar-refractivity contribution in [2.24, 2.45) is 0 Å². The highest BCUT2D eigenvalue weighted by atomic mass is 16.7. The molecule has 14 nitrogen and oxygen atoms in total. The molecule has 2 heterocycles. The molecule has 2 fully saturated rings. The van der Waals surface area contributed by atoms with Gasteiger partial charge in [-0.3, -0.25) is 4.79 Å². The third kappa shape index (κ3) is 38.4. The van der Waals surface area contributed by atoms with Crippen molar-refractivity contribution in [1.29, 1.82) is 0 Å². The lowest BCUT2D eigenvalue weighted by atomic mass is 9.97. The number of allylic oxidation sites excluding steroid dienone is 11. The van der Waals surface area contributed by atoms with Crippen molar-refractivity contribution in [2.45, 2.75) is 338 Å². The molecule has 14 heteroatoms. The number of carbonyl (C=O) groups is 1. The number of hydrogen-bond acceptors (Lipinski definition) is 13. The molecule has 2 aliphatic rings. The Morgan fingerprint density at radius 3 is 1.28 bits per heavy atom. The van der Waals surface area contributed by atoms with Gasteiger partial charge in [-0.15, -0.1) is 0 Å². The molecule has 0 saturated carbocycles. The average Bonchev–Trinajstić information content (AvgIpc) is 3.64. The molecular formula is C69H123NO13. The van der Waals surface area contributed by atoms with E-state index < -0.39 is 86.8 Å². The second kappa shape index (κ2) is 53.7. The van der Waals surface area contributed by atoms with Crippen molar-refractivity contribution in [2.75, 3.05) is 19.8 Å². The molecule has 0 spiro atoms. The van der Waals surface area contributed by atoms with E-state index in [2.05, 4.69) is 79.9 Å². The maximum Gasteiger partial charge on any atom is 0.220 e. The van der Waals surface area contributed by atoms with E-state index in [9.17, 15) is 45.6 Å². The van der Waals surface area contributed by atoms with Crippen LogP contribution in [0.3, 0.4) is 0 Å². The van der Waals surface area contributed by atoms with E-state index in [1.807, 2.05) is 6.08 Å². The number of aliphatic hydroxyl groups excluding tert-OH is 8. The highest BCUT2D eigenvalue weighted by molar-refractivity contribution is 5.76. The Kier molecular flexibility index (Phi) is 49.5. The van der Waals surface area contributed by atoms with Gasteiger partial charge in [-0.05, 0) is 64.2 Å². The average molecular weight is 1170 g/mol. The first-order chi connectivity index (χ1) is 40.6. The van der Waals surface area contributed by atoms with Crippen LogP contribution >= 0.6 is 0 Å². The number of unbranched alkanes of at least 4 members (excludes halogenated alkanes) is 31. The van der Waals surface area contributed by atoms with Gasteiger partial charge in [0.1, 0.15) is 48.8 Å². The molecule has 482 valence electrons. The molecule has 9 N–H and O–H groups in total. The standard InChI is InChI=1S/C69H123NO13/c1-3-5-7-9-11-13-15-17-19-20-21-22-23-24-25-26-27-28-29-30-31-32-33-34-35-36-37-38-39-41-43-45-47-49-51-53-61(74)70-57(58(73)52-50-48-46-44-42-40-18-16-14-12-10-8-6-4-2)56-80-68-66(79)64(77)67(60(55-72)82-68)83-69-65(78)63(76)62(75)59(54-71)81-69/h5,7,11,13,17,19,21-22,24-25,50,52,57-60,62-69,71-73,75-79H,3-4,6,8-10,12,14-16,18,20,23,26-49,51,53-56H2,1-2H3,(H,70,74)/b7-5-,13-11-,19-17-,22-21-,25-24-,52-50+. The fourth-order valence-corrected chi connectivity index (χ4v) is 10.8. The minimum atomic E-state index is -1.79. The van der Waals surface area contributed by atoms with Gasteiger partial charge in [-0.25, -0.2) is 0 Å². The van der Waals surface area contributed by atoms with E-state index in [0.29, 0.717) is 6.42 Å². The first kappa shape index (κ1) is 76.5. The van der Waals surface area contributed by atoms with Crippen molar-refractivity contribution in [3.05, 3.63) is 72.9 Å². The zero-order valence-electron chi connectivity index (χ0n) is 52.2. The third-order valence-corrected chi connectivity index (χ3v) is 16.1. The van der Waals surface area contributed by atoms with Crippen LogP contribution in [0.1, 0.15) is 264 Å². The van der Waals surface area contributed by atoms with Gasteiger partial charge in [0.25, 0.3) is 0 Å². The molecule has 2 saturated heterocycles. The monoisotopic (exact) mass is 1170 g/mol. The Bertz CT molecular complexity index is 1670. The first-order valence-corrected chi connectivity index (χ1v) is 33.7. The normalized spacial score (nSPS) is 24.3. The fraction of sp³-hybridized carbons (Fsp3) is 0.812. The zero-order chi connectivity index (χ0) is 60.2. The molecule has 0 aliphatic carbocycles. The summed E-state index contributed by atoms with van der Waals surface area (Å²) < 4.78 is 22.8. The van der Waals surface area contributed by atoms with Crippen LogP contribution in [0.25, 0.3) is 0 Å². The Balaban J connectivity index is 1.61. The minimum Gasteiger partial charge on any atom is -0.394 e. The summed E-state index contributed by atoms with van der Waals surface area (Å²) in [6, 6.07) is -0.915. The van der Waals surface area contributed by atoms with E-state index >= 15 is 0 Å². The molecule has 0 aromatic carbocycles. The van der Waals surface area contributed by atoms with Crippen LogP contribution in [0.15, 0.2) is 72.9 Å². The predicted octanol–water partition coefficient (Wildman–Crippen LogP) is 13.1. The molecule has 0 aromatic rings. The van der Waals surface area contributed by atoms with Gasteiger partial charge in [0.05, 0.1) is 32.0 Å². The van der Waals surface area contributed by atoms with Crippen molar-refractivity contribution >= 4 is 5.91 Å². The second-order valence-electron chi connectivity index (χ2n) is 23.6. The third-order valence-electron chi connectivity index (χ3n) is 16.1. The highest BCUT2D eigenvalue weighted by Gasteiger charge is 2.51. The van der Waals surface area contributed by atoms with Crippen molar-refractivity contribution in [3.8, 4) is 0 Å². The number of carbonyl (C=O) groups excluding carboxylic acids is 1. The van der Waals surface area contributed by atoms with Gasteiger partial charge in [-0.2, -0.15) is 0 Å². The van der Waals surface area contributed by atoms with Gasteiger partial charge in [0.2, 0.25) is 5.91 Å². The van der Waals surface area contributed by atoms with E-state index in [-0.39, 0.29) is 18.9 Å². The molecule has 0 aromatic heterocycles. The van der Waals surface area contributed by atoms with Gasteiger partial charge in [0.15, 0.2) is 12.6 Å². The van der Waals surface area contributed by atoms with Crippen LogP contribution in [0, 0.1) is 0 Å². The molecule has 0 radical (unpaired) electrons. The maximum atomic E-state index is 13.3. The summed E-state index contributed by atoms with van der Waals surface area (Å²) in [6.45, 7) is 2.69. The van der Waals surface area contributed by atoms with E-state index in [4.69, 9.17) is 18.9 Å². The number of hydrogen-bond donors (Lipinski definition) is 9. The summed E-state index contributed by atoms with van der Waals surface area (Å²) in [5.74, 6) is -0.238. The molecule has 12 atom stereocenters. The lowest BCUT2D eigenvalue weighted by Gasteiger charge is -2.46. The van der Waals surface area contributed by atoms with Crippen LogP contribution in [0.4, 0.5) is 0 Å². The van der Waals surface area contributed by atoms with Crippen LogP contribution in [0.5, 0.6) is 0 Å². The molecule has 1 amide bonds. The Hall–Kier alpha value is -2.57. The molecular weight excluding hydrogens is 1050 g/mol. The summed E-state index contributed by atoms with van der Waals surface area (Å²) in [6.07, 6.45) is 55.3. The van der Waals surface area contributed by atoms with Gasteiger partial charge >= 0.3 is 0 Å². The summed E-state index contributed by atoms with van der Waals surface area (Å²) in [5.41, 5.74) is 0. The lowest BCUT2D eigenvalue weighted by Crippen LogP contribution is -2.65. The van der Waals surface area contributed by atoms with Crippen molar-refractivity contribution in [1.82, 2.24) is 5.32 Å². The Labute approximate surface area is 504 Å². The maximum absolute atomic E-state index is 13.3. The predicted molar refractivity (Wildman–Crippen MR) is 337 cm³/mol. The largest absolute Gasteiger partial charge is 0.394 e. The minimum absolute atomic E-state index is 0.238. The fourth-order valence-electron chi connectivity index (χ4n) is 10.8. The van der Waals surface area contributed by atoms with E-state index in [0.717, 1.165) is 70.6 Å². The number of aliphatic hydroxyl groups is 8. The van der Waals surface area contributed by atoms with Crippen LogP contribution in [-0.4, -0.2) is 140 Å². The smallest absolute Gasteiger partial charge is 0.220 e. The molecule has 83 heavy (non-hydrogen) atoms. The highest BCUT2D eigenvalue weighted by Crippen LogP contribution is 2.30. The van der Waals surface area contributed by atoms with Gasteiger partial charge in [-0.1, -0.05) is 267 Å².